The zero-order valence-corrected chi connectivity index (χ0v) is 14.0. The van der Waals surface area contributed by atoms with Gasteiger partial charge in [-0.2, -0.15) is 0 Å². The van der Waals surface area contributed by atoms with Crippen molar-refractivity contribution < 1.29 is 9.47 Å². The molecule has 1 aromatic carbocycles. The molecule has 0 amide bonds. The van der Waals surface area contributed by atoms with Gasteiger partial charge in [0.05, 0.1) is 13.2 Å². The molecule has 0 aliphatic rings. The molecule has 3 nitrogen and oxygen atoms in total. The lowest BCUT2D eigenvalue weighted by Gasteiger charge is -2.31. The van der Waals surface area contributed by atoms with Crippen molar-refractivity contribution in [1.82, 2.24) is 5.32 Å². The zero-order valence-electron chi connectivity index (χ0n) is 14.0. The van der Waals surface area contributed by atoms with E-state index in [0.717, 1.165) is 38.5 Å². The topological polar surface area (TPSA) is 30.5 Å². The fourth-order valence-electron chi connectivity index (χ4n) is 2.33. The summed E-state index contributed by atoms with van der Waals surface area (Å²) in [5.74, 6) is 1.61. The highest BCUT2D eigenvalue weighted by atomic mass is 16.5. The molecule has 1 unspecified atom stereocenters. The van der Waals surface area contributed by atoms with Crippen molar-refractivity contribution in [2.24, 2.45) is 11.3 Å². The first-order valence-electron chi connectivity index (χ1n) is 7.91. The fraction of sp³-hybridized carbons (Fsp3) is 0.667. The molecule has 1 atom stereocenters. The van der Waals surface area contributed by atoms with E-state index in [2.05, 4.69) is 26.1 Å². The van der Waals surface area contributed by atoms with E-state index in [1.54, 1.807) is 7.11 Å². The van der Waals surface area contributed by atoms with Crippen molar-refractivity contribution in [3.05, 3.63) is 30.3 Å². The SMILES string of the molecule is COCCNCC(CCCOc1ccccc1)C(C)(C)C. The Kier molecular flexibility index (Phi) is 8.40. The van der Waals surface area contributed by atoms with Gasteiger partial charge in [-0.3, -0.25) is 0 Å². The minimum absolute atomic E-state index is 0.312. The molecule has 0 aliphatic heterocycles. The molecule has 0 heterocycles. The maximum atomic E-state index is 5.77. The maximum Gasteiger partial charge on any atom is 0.119 e. The Hall–Kier alpha value is -1.06. The molecule has 1 aromatic rings. The van der Waals surface area contributed by atoms with Crippen molar-refractivity contribution >= 4 is 0 Å². The summed E-state index contributed by atoms with van der Waals surface area (Å²) in [5, 5.41) is 3.49. The molecule has 0 bridgehead atoms. The van der Waals surface area contributed by atoms with E-state index in [0.29, 0.717) is 11.3 Å². The number of para-hydroxylation sites is 1. The first-order chi connectivity index (χ1) is 10.0. The van der Waals surface area contributed by atoms with Crippen LogP contribution in [-0.2, 0) is 4.74 Å². The van der Waals surface area contributed by atoms with Crippen molar-refractivity contribution in [2.45, 2.75) is 33.6 Å². The molecule has 0 saturated heterocycles. The zero-order chi connectivity index (χ0) is 15.6. The third-order valence-corrected chi connectivity index (χ3v) is 3.81. The number of methoxy groups -OCH3 is 1. The summed E-state index contributed by atoms with van der Waals surface area (Å²) in [7, 11) is 1.74. The number of nitrogens with one attached hydrogen (secondary N) is 1. The van der Waals surface area contributed by atoms with Crippen LogP contribution in [0.5, 0.6) is 5.75 Å². The van der Waals surface area contributed by atoms with Gasteiger partial charge in [0.15, 0.2) is 0 Å². The van der Waals surface area contributed by atoms with E-state index in [9.17, 15) is 0 Å². The molecule has 0 saturated carbocycles. The molecule has 3 heteroatoms. The Morgan fingerprint density at radius 2 is 1.81 bits per heavy atom. The van der Waals surface area contributed by atoms with E-state index in [1.165, 1.54) is 6.42 Å². The van der Waals surface area contributed by atoms with E-state index in [-0.39, 0.29) is 0 Å². The van der Waals surface area contributed by atoms with Gasteiger partial charge in [0.2, 0.25) is 0 Å². The van der Waals surface area contributed by atoms with Crippen LogP contribution in [0.15, 0.2) is 30.3 Å². The maximum absolute atomic E-state index is 5.77. The fourth-order valence-corrected chi connectivity index (χ4v) is 2.33. The van der Waals surface area contributed by atoms with Crippen LogP contribution < -0.4 is 10.1 Å². The van der Waals surface area contributed by atoms with Crippen LogP contribution >= 0.6 is 0 Å². The minimum Gasteiger partial charge on any atom is -0.494 e. The Bertz CT molecular complexity index is 359. The van der Waals surface area contributed by atoms with E-state index >= 15 is 0 Å². The summed E-state index contributed by atoms with van der Waals surface area (Å²) in [6.07, 6.45) is 2.26. The number of rotatable bonds is 10. The summed E-state index contributed by atoms with van der Waals surface area (Å²) < 4.78 is 10.8. The minimum atomic E-state index is 0.312. The Balaban J connectivity index is 2.26. The van der Waals surface area contributed by atoms with Gasteiger partial charge in [-0.05, 0) is 42.9 Å². The highest BCUT2D eigenvalue weighted by Crippen LogP contribution is 2.29. The third kappa shape index (κ3) is 8.08. The van der Waals surface area contributed by atoms with Crippen molar-refractivity contribution in [2.75, 3.05) is 33.4 Å². The molecule has 0 radical (unpaired) electrons. The van der Waals surface area contributed by atoms with Crippen LogP contribution in [0.3, 0.4) is 0 Å². The summed E-state index contributed by atoms with van der Waals surface area (Å²) in [6.45, 7) is 10.5. The quantitative estimate of drug-likeness (QED) is 0.667. The van der Waals surface area contributed by atoms with Gasteiger partial charge >= 0.3 is 0 Å². The van der Waals surface area contributed by atoms with Crippen LogP contribution in [-0.4, -0.2) is 33.4 Å². The molecule has 0 aromatic heterocycles. The lowest BCUT2D eigenvalue weighted by atomic mass is 9.78. The van der Waals surface area contributed by atoms with Crippen LogP contribution in [0, 0.1) is 11.3 Å². The third-order valence-electron chi connectivity index (χ3n) is 3.81. The van der Waals surface area contributed by atoms with Gasteiger partial charge in [-0.15, -0.1) is 0 Å². The molecule has 1 N–H and O–H groups in total. The smallest absolute Gasteiger partial charge is 0.119 e. The van der Waals surface area contributed by atoms with Crippen LogP contribution in [0.2, 0.25) is 0 Å². The number of benzene rings is 1. The molecule has 120 valence electrons. The highest BCUT2D eigenvalue weighted by molar-refractivity contribution is 5.20. The number of hydrogen-bond acceptors (Lipinski definition) is 3. The van der Waals surface area contributed by atoms with Gasteiger partial charge in [-0.25, -0.2) is 0 Å². The number of hydrogen-bond donors (Lipinski definition) is 1. The molecular formula is C18H31NO2. The molecule has 0 fully saturated rings. The van der Waals surface area contributed by atoms with Crippen LogP contribution in [0.1, 0.15) is 33.6 Å². The average Bonchev–Trinajstić information content (AvgIpc) is 2.45. The highest BCUT2D eigenvalue weighted by Gasteiger charge is 2.23. The monoisotopic (exact) mass is 293 g/mol. The lowest BCUT2D eigenvalue weighted by molar-refractivity contribution is 0.177. The second-order valence-corrected chi connectivity index (χ2v) is 6.56. The average molecular weight is 293 g/mol. The molecule has 1 rings (SSSR count). The van der Waals surface area contributed by atoms with E-state index in [4.69, 9.17) is 9.47 Å². The van der Waals surface area contributed by atoms with Crippen molar-refractivity contribution in [3.8, 4) is 5.75 Å². The van der Waals surface area contributed by atoms with Crippen LogP contribution in [0.25, 0.3) is 0 Å². The van der Waals surface area contributed by atoms with Crippen molar-refractivity contribution in [3.63, 3.8) is 0 Å². The predicted octanol–water partition coefficient (Wildman–Crippen LogP) is 3.74. The predicted molar refractivity (Wildman–Crippen MR) is 88.9 cm³/mol. The lowest BCUT2D eigenvalue weighted by Crippen LogP contribution is -2.33. The van der Waals surface area contributed by atoms with Gasteiger partial charge in [0, 0.05) is 13.7 Å². The molecule has 21 heavy (non-hydrogen) atoms. The molecular weight excluding hydrogens is 262 g/mol. The summed E-state index contributed by atoms with van der Waals surface area (Å²) in [5.41, 5.74) is 0.312. The van der Waals surface area contributed by atoms with E-state index in [1.807, 2.05) is 30.3 Å². The van der Waals surface area contributed by atoms with E-state index < -0.39 is 0 Å². The van der Waals surface area contributed by atoms with Gasteiger partial charge in [0.25, 0.3) is 0 Å². The second-order valence-electron chi connectivity index (χ2n) is 6.56. The Labute approximate surface area is 130 Å². The number of ether oxygens (including phenoxy) is 2. The first-order valence-corrected chi connectivity index (χ1v) is 7.91. The normalized spacial score (nSPS) is 13.1. The summed E-state index contributed by atoms with van der Waals surface area (Å²) >= 11 is 0. The standard InChI is InChI=1S/C18H31NO2/c1-18(2,3)16(15-19-12-14-20-4)9-8-13-21-17-10-6-5-7-11-17/h5-7,10-11,16,19H,8-9,12-15H2,1-4H3. The van der Waals surface area contributed by atoms with Gasteiger partial charge in [0.1, 0.15) is 5.75 Å². The van der Waals surface area contributed by atoms with Crippen molar-refractivity contribution in [1.29, 1.82) is 0 Å². The first kappa shape index (κ1) is 18.0. The largest absolute Gasteiger partial charge is 0.494 e. The Morgan fingerprint density at radius 1 is 1.10 bits per heavy atom. The van der Waals surface area contributed by atoms with Gasteiger partial charge in [-0.1, -0.05) is 39.0 Å². The van der Waals surface area contributed by atoms with Gasteiger partial charge < -0.3 is 14.8 Å². The molecule has 0 aliphatic carbocycles. The molecule has 0 spiro atoms. The summed E-state index contributed by atoms with van der Waals surface area (Å²) in [6, 6.07) is 10.0. The summed E-state index contributed by atoms with van der Waals surface area (Å²) in [4.78, 5) is 0. The second kappa shape index (κ2) is 9.80. The Morgan fingerprint density at radius 3 is 2.43 bits per heavy atom. The van der Waals surface area contributed by atoms with Crippen LogP contribution in [0.4, 0.5) is 0 Å².